The normalized spacial score (nSPS) is 11.7. The molecule has 0 saturated heterocycles. The first kappa shape index (κ1) is 15.9. The van der Waals surface area contributed by atoms with Gasteiger partial charge in [0, 0.05) is 17.7 Å². The average molecular weight is 310 g/mol. The molecule has 0 spiro atoms. The number of carboxylic acid groups (broad SMARTS) is 1. The van der Waals surface area contributed by atoms with Gasteiger partial charge in [-0.3, -0.25) is 0 Å². The van der Waals surface area contributed by atoms with Crippen molar-refractivity contribution in [1.82, 2.24) is 9.97 Å². The van der Waals surface area contributed by atoms with Crippen molar-refractivity contribution in [2.75, 3.05) is 0 Å². The Kier molecular flexibility index (Phi) is 4.16. The molecule has 0 aliphatic rings. The maximum atomic E-state index is 12.6. The molecule has 0 unspecified atom stereocenters. The van der Waals surface area contributed by atoms with Gasteiger partial charge < -0.3 is 5.11 Å². The predicted octanol–water partition coefficient (Wildman–Crippen LogP) is 3.98. The van der Waals surface area contributed by atoms with Crippen LogP contribution in [-0.4, -0.2) is 21.0 Å². The Labute approximate surface area is 124 Å². The highest BCUT2D eigenvalue weighted by Gasteiger charge is 2.30. The molecule has 0 amide bonds. The monoisotopic (exact) mass is 310 g/mol. The summed E-state index contributed by atoms with van der Waals surface area (Å²) in [5.41, 5.74) is -0.537. The van der Waals surface area contributed by atoms with Gasteiger partial charge in [0.25, 0.3) is 0 Å². The Bertz CT molecular complexity index is 695. The van der Waals surface area contributed by atoms with E-state index in [0.717, 1.165) is 12.1 Å². The van der Waals surface area contributed by atoms with Crippen molar-refractivity contribution < 1.29 is 23.1 Å². The first-order valence-corrected chi connectivity index (χ1v) is 6.48. The van der Waals surface area contributed by atoms with Crippen LogP contribution in [0.15, 0.2) is 30.5 Å². The van der Waals surface area contributed by atoms with Gasteiger partial charge in [-0.05, 0) is 12.1 Å². The molecule has 1 heterocycles. The smallest absolute Gasteiger partial charge is 0.416 e. The number of rotatable bonds is 3. The number of aromatic carboxylic acids is 1. The number of alkyl halides is 3. The maximum absolute atomic E-state index is 12.6. The Hall–Kier alpha value is -2.44. The van der Waals surface area contributed by atoms with Crippen LogP contribution in [0.1, 0.15) is 41.5 Å². The summed E-state index contributed by atoms with van der Waals surface area (Å²) >= 11 is 0. The zero-order valence-corrected chi connectivity index (χ0v) is 11.8. The quantitative estimate of drug-likeness (QED) is 0.931. The van der Waals surface area contributed by atoms with Gasteiger partial charge in [-0.15, -0.1) is 0 Å². The standard InChI is InChI=1S/C15H13F3N2O2/c1-8(2)13-19-7-11(14(21)22)12(20-13)9-3-5-10(6-4-9)15(16,17)18/h3-8H,1-2H3,(H,21,22). The van der Waals surface area contributed by atoms with E-state index in [9.17, 15) is 23.1 Å². The zero-order chi connectivity index (χ0) is 16.5. The van der Waals surface area contributed by atoms with Crippen LogP contribution in [0.3, 0.4) is 0 Å². The molecule has 2 aromatic rings. The molecule has 1 N–H and O–H groups in total. The predicted molar refractivity (Wildman–Crippen MR) is 73.5 cm³/mol. The van der Waals surface area contributed by atoms with Crippen LogP contribution in [0.2, 0.25) is 0 Å². The van der Waals surface area contributed by atoms with Crippen LogP contribution in [0.4, 0.5) is 13.2 Å². The third-order valence-corrected chi connectivity index (χ3v) is 3.04. The number of nitrogens with zero attached hydrogens (tertiary/aromatic N) is 2. The average Bonchev–Trinajstić information content (AvgIpc) is 2.45. The van der Waals surface area contributed by atoms with Gasteiger partial charge in [0.2, 0.25) is 0 Å². The molecule has 1 aromatic carbocycles. The Morgan fingerprint density at radius 3 is 2.23 bits per heavy atom. The van der Waals surface area contributed by atoms with E-state index in [4.69, 9.17) is 0 Å². The Morgan fingerprint density at radius 1 is 1.18 bits per heavy atom. The van der Waals surface area contributed by atoms with Gasteiger partial charge in [0.05, 0.1) is 11.3 Å². The van der Waals surface area contributed by atoms with Crippen LogP contribution in [-0.2, 0) is 6.18 Å². The van der Waals surface area contributed by atoms with Crippen LogP contribution in [0.25, 0.3) is 11.3 Å². The summed E-state index contributed by atoms with van der Waals surface area (Å²) in [4.78, 5) is 19.4. The van der Waals surface area contributed by atoms with E-state index in [1.165, 1.54) is 18.3 Å². The van der Waals surface area contributed by atoms with Crippen molar-refractivity contribution in [2.24, 2.45) is 0 Å². The highest BCUT2D eigenvalue weighted by atomic mass is 19.4. The minimum atomic E-state index is -4.44. The molecule has 0 radical (unpaired) electrons. The van der Waals surface area contributed by atoms with Crippen molar-refractivity contribution in [3.63, 3.8) is 0 Å². The summed E-state index contributed by atoms with van der Waals surface area (Å²) < 4.78 is 37.7. The fourth-order valence-electron chi connectivity index (χ4n) is 1.87. The second kappa shape index (κ2) is 5.75. The minimum Gasteiger partial charge on any atom is -0.478 e. The molecule has 4 nitrogen and oxygen atoms in total. The molecular formula is C15H13F3N2O2. The summed E-state index contributed by atoms with van der Waals surface area (Å²) in [5, 5.41) is 9.18. The number of carbonyl (C=O) groups is 1. The lowest BCUT2D eigenvalue weighted by atomic mass is 10.0. The lowest BCUT2D eigenvalue weighted by molar-refractivity contribution is -0.137. The second-order valence-corrected chi connectivity index (χ2v) is 5.03. The largest absolute Gasteiger partial charge is 0.478 e. The first-order valence-electron chi connectivity index (χ1n) is 6.48. The number of hydrogen-bond donors (Lipinski definition) is 1. The molecule has 0 aliphatic heterocycles. The number of halogens is 3. The van der Waals surface area contributed by atoms with Gasteiger partial charge in [0.15, 0.2) is 0 Å². The molecule has 0 aliphatic carbocycles. The Balaban J connectivity index is 2.54. The van der Waals surface area contributed by atoms with Gasteiger partial charge in [0.1, 0.15) is 11.4 Å². The molecule has 22 heavy (non-hydrogen) atoms. The lowest BCUT2D eigenvalue weighted by Gasteiger charge is -2.11. The summed E-state index contributed by atoms with van der Waals surface area (Å²) in [5.74, 6) is -0.832. The van der Waals surface area contributed by atoms with Crippen molar-refractivity contribution in [1.29, 1.82) is 0 Å². The summed E-state index contributed by atoms with van der Waals surface area (Å²) in [6.07, 6.45) is -3.26. The zero-order valence-electron chi connectivity index (χ0n) is 11.8. The number of benzene rings is 1. The van der Waals surface area contributed by atoms with Crippen molar-refractivity contribution in [3.8, 4) is 11.3 Å². The molecule has 0 bridgehead atoms. The molecule has 7 heteroatoms. The summed E-state index contributed by atoms with van der Waals surface area (Å²) in [6, 6.07) is 4.22. The van der Waals surface area contributed by atoms with E-state index in [2.05, 4.69) is 9.97 Å². The molecule has 1 aromatic heterocycles. The number of carboxylic acids is 1. The third-order valence-electron chi connectivity index (χ3n) is 3.04. The van der Waals surface area contributed by atoms with E-state index < -0.39 is 17.7 Å². The van der Waals surface area contributed by atoms with E-state index in [0.29, 0.717) is 11.4 Å². The fourth-order valence-corrected chi connectivity index (χ4v) is 1.87. The molecule has 0 saturated carbocycles. The van der Waals surface area contributed by atoms with Crippen LogP contribution in [0.5, 0.6) is 0 Å². The van der Waals surface area contributed by atoms with Crippen molar-refractivity contribution in [2.45, 2.75) is 25.9 Å². The van der Waals surface area contributed by atoms with E-state index in [1.807, 2.05) is 13.8 Å². The molecule has 116 valence electrons. The lowest BCUT2D eigenvalue weighted by Crippen LogP contribution is -2.08. The highest BCUT2D eigenvalue weighted by Crippen LogP contribution is 2.31. The third kappa shape index (κ3) is 3.24. The topological polar surface area (TPSA) is 63.1 Å². The Morgan fingerprint density at radius 2 is 1.77 bits per heavy atom. The fraction of sp³-hybridized carbons (Fsp3) is 0.267. The molecule has 2 rings (SSSR count). The van der Waals surface area contributed by atoms with Gasteiger partial charge in [-0.2, -0.15) is 13.2 Å². The van der Waals surface area contributed by atoms with Gasteiger partial charge >= 0.3 is 12.1 Å². The summed E-state index contributed by atoms with van der Waals surface area (Å²) in [6.45, 7) is 3.68. The number of hydrogen-bond acceptors (Lipinski definition) is 3. The van der Waals surface area contributed by atoms with Gasteiger partial charge in [-0.1, -0.05) is 26.0 Å². The van der Waals surface area contributed by atoms with Crippen molar-refractivity contribution in [3.05, 3.63) is 47.4 Å². The minimum absolute atomic E-state index is 0.0314. The van der Waals surface area contributed by atoms with Crippen molar-refractivity contribution >= 4 is 5.97 Å². The SMILES string of the molecule is CC(C)c1ncc(C(=O)O)c(-c2ccc(C(F)(F)F)cc2)n1. The maximum Gasteiger partial charge on any atom is 0.416 e. The van der Waals surface area contributed by atoms with E-state index in [-0.39, 0.29) is 17.2 Å². The van der Waals surface area contributed by atoms with Crippen LogP contribution in [0, 0.1) is 0 Å². The van der Waals surface area contributed by atoms with Crippen LogP contribution < -0.4 is 0 Å². The molecular weight excluding hydrogens is 297 g/mol. The number of aromatic nitrogens is 2. The van der Waals surface area contributed by atoms with E-state index in [1.54, 1.807) is 0 Å². The molecule has 0 fully saturated rings. The summed E-state index contributed by atoms with van der Waals surface area (Å²) in [7, 11) is 0. The molecule has 0 atom stereocenters. The van der Waals surface area contributed by atoms with Crippen LogP contribution >= 0.6 is 0 Å². The highest BCUT2D eigenvalue weighted by molar-refractivity contribution is 5.94. The first-order chi connectivity index (χ1) is 10.2. The second-order valence-electron chi connectivity index (χ2n) is 5.03. The van der Waals surface area contributed by atoms with E-state index >= 15 is 0 Å². The van der Waals surface area contributed by atoms with Gasteiger partial charge in [-0.25, -0.2) is 14.8 Å².